The van der Waals surface area contributed by atoms with Crippen molar-refractivity contribution in [2.45, 2.75) is 33.2 Å². The van der Waals surface area contributed by atoms with Gasteiger partial charge in [0.25, 0.3) is 5.91 Å². The summed E-state index contributed by atoms with van der Waals surface area (Å²) < 4.78 is 22.6. The number of ether oxygens (including phenoxy) is 4. The van der Waals surface area contributed by atoms with E-state index in [-0.39, 0.29) is 35.3 Å². The second-order valence-electron chi connectivity index (χ2n) is 12.0. The van der Waals surface area contributed by atoms with Gasteiger partial charge in [0.05, 0.1) is 39.6 Å². The Morgan fingerprint density at radius 1 is 0.766 bits per heavy atom. The highest BCUT2D eigenvalue weighted by molar-refractivity contribution is 6.00. The molecule has 2 aliphatic heterocycles. The Hall–Kier alpha value is -3.71. The van der Waals surface area contributed by atoms with Crippen LogP contribution < -0.4 is 10.5 Å². The lowest BCUT2D eigenvalue weighted by Gasteiger charge is -2.34. The van der Waals surface area contributed by atoms with Gasteiger partial charge < -0.3 is 39.8 Å². The average molecular weight is 649 g/mol. The van der Waals surface area contributed by atoms with Gasteiger partial charge in [0.2, 0.25) is 0 Å². The zero-order chi connectivity index (χ0) is 33.0. The molecule has 0 bridgehead atoms. The van der Waals surface area contributed by atoms with Gasteiger partial charge in [-0.25, -0.2) is 0 Å². The number of rotatable bonds is 17. The van der Waals surface area contributed by atoms with Gasteiger partial charge in [-0.2, -0.15) is 0 Å². The van der Waals surface area contributed by atoms with Crippen molar-refractivity contribution in [3.8, 4) is 17.2 Å². The molecule has 11 heteroatoms. The van der Waals surface area contributed by atoms with Gasteiger partial charge >= 0.3 is 0 Å². The van der Waals surface area contributed by atoms with Gasteiger partial charge in [0.15, 0.2) is 0 Å². The third-order valence-electron chi connectivity index (χ3n) is 8.63. The molecule has 11 nitrogen and oxygen atoms in total. The van der Waals surface area contributed by atoms with E-state index in [4.69, 9.17) is 24.7 Å². The van der Waals surface area contributed by atoms with Crippen LogP contribution in [0.25, 0.3) is 0 Å². The smallest absolute Gasteiger partial charge is 0.262 e. The van der Waals surface area contributed by atoms with Crippen LogP contribution >= 0.6 is 0 Å². The Kier molecular flexibility index (Phi) is 12.8. The molecule has 0 radical (unpaired) electrons. The van der Waals surface area contributed by atoms with Gasteiger partial charge in [-0.3, -0.25) is 14.6 Å². The van der Waals surface area contributed by atoms with Crippen LogP contribution in [0.15, 0.2) is 54.6 Å². The van der Waals surface area contributed by atoms with Crippen LogP contribution in [0.1, 0.15) is 38.2 Å². The van der Waals surface area contributed by atoms with Crippen molar-refractivity contribution in [1.29, 1.82) is 0 Å². The third-order valence-corrected chi connectivity index (χ3v) is 8.63. The maximum absolute atomic E-state index is 13.8. The zero-order valence-corrected chi connectivity index (χ0v) is 27.4. The van der Waals surface area contributed by atoms with E-state index in [0.717, 1.165) is 56.0 Å². The van der Waals surface area contributed by atoms with E-state index in [9.17, 15) is 15.0 Å². The summed E-state index contributed by atoms with van der Waals surface area (Å²) in [5.74, 6) is -0.537. The highest BCUT2D eigenvalue weighted by Crippen LogP contribution is 2.40. The maximum atomic E-state index is 13.8. The van der Waals surface area contributed by atoms with E-state index < -0.39 is 0 Å². The van der Waals surface area contributed by atoms with Crippen LogP contribution in [0, 0.1) is 6.92 Å². The first-order valence-electron chi connectivity index (χ1n) is 16.4. The molecule has 2 heterocycles. The van der Waals surface area contributed by atoms with Crippen molar-refractivity contribution in [3.63, 3.8) is 0 Å². The molecule has 3 aromatic rings. The van der Waals surface area contributed by atoms with E-state index in [1.807, 2.05) is 30.3 Å². The third kappa shape index (κ3) is 9.66. The average Bonchev–Trinajstić information content (AvgIpc) is 3.51. The molecule has 5 rings (SSSR count). The number of nitrogens with two attached hydrogens (primary N) is 1. The fraction of sp³-hybridized carbons (Fsp3) is 0.472. The summed E-state index contributed by atoms with van der Waals surface area (Å²) in [6.07, 6.45) is 0. The second-order valence-corrected chi connectivity index (χ2v) is 12.0. The number of benzene rings is 3. The molecule has 0 unspecified atom stereocenters. The minimum atomic E-state index is -0.327. The van der Waals surface area contributed by atoms with Crippen LogP contribution in [0.2, 0.25) is 0 Å². The Labute approximate surface area is 277 Å². The van der Waals surface area contributed by atoms with Crippen molar-refractivity contribution < 1.29 is 34.0 Å². The second kappa shape index (κ2) is 17.4. The first kappa shape index (κ1) is 34.6. The molecule has 1 saturated heterocycles. The van der Waals surface area contributed by atoms with Gasteiger partial charge in [-0.1, -0.05) is 48.5 Å². The Bertz CT molecular complexity index is 1450. The number of phenolic OH excluding ortho intramolecular Hbond substituents is 2. The quantitative estimate of drug-likeness (QED) is 0.188. The van der Waals surface area contributed by atoms with Crippen LogP contribution in [0.3, 0.4) is 0 Å². The van der Waals surface area contributed by atoms with E-state index in [1.165, 1.54) is 11.6 Å². The number of piperazine rings is 1. The largest absolute Gasteiger partial charge is 0.507 e. The Morgan fingerprint density at radius 3 is 2.15 bits per heavy atom. The topological polar surface area (TPSA) is 130 Å². The lowest BCUT2D eigenvalue weighted by atomic mass is 10.1. The Balaban J connectivity index is 1.08. The molecule has 0 aromatic heterocycles. The number of aromatic hydroxyl groups is 2. The number of fused-ring (bicyclic) bond motifs is 1. The van der Waals surface area contributed by atoms with Crippen molar-refractivity contribution in [3.05, 3.63) is 88.0 Å². The van der Waals surface area contributed by atoms with Crippen LogP contribution in [-0.4, -0.2) is 110 Å². The molecule has 0 saturated carbocycles. The van der Waals surface area contributed by atoms with Crippen LogP contribution in [0.5, 0.6) is 17.2 Å². The predicted molar refractivity (Wildman–Crippen MR) is 179 cm³/mol. The molecule has 0 aliphatic carbocycles. The molecule has 47 heavy (non-hydrogen) atoms. The van der Waals surface area contributed by atoms with Crippen molar-refractivity contribution in [1.82, 2.24) is 14.7 Å². The van der Waals surface area contributed by atoms with E-state index in [0.29, 0.717) is 64.8 Å². The standard InChI is InChI=1S/C36H48N4O7/c1-27-32(41)22-33(42)34(35(27)47-26-28-5-3-2-4-6-28)36(43)40-24-30-8-7-29(21-31(30)25-40)23-39-12-10-38(11-13-39)14-16-45-18-20-46-19-17-44-15-9-37/h2-8,21-22,41-42H,9-20,23-26,37H2,1H3. The van der Waals surface area contributed by atoms with E-state index >= 15 is 0 Å². The lowest BCUT2D eigenvalue weighted by Crippen LogP contribution is -2.46. The van der Waals surface area contributed by atoms with E-state index in [2.05, 4.69) is 28.0 Å². The summed E-state index contributed by atoms with van der Waals surface area (Å²) >= 11 is 0. The fourth-order valence-electron chi connectivity index (χ4n) is 5.94. The monoisotopic (exact) mass is 648 g/mol. The molecular weight excluding hydrogens is 600 g/mol. The number of carbonyl (C=O) groups is 1. The van der Waals surface area contributed by atoms with Gasteiger partial charge in [0.1, 0.15) is 29.4 Å². The molecule has 0 atom stereocenters. The van der Waals surface area contributed by atoms with Crippen molar-refractivity contribution in [2.24, 2.45) is 5.73 Å². The number of phenols is 2. The molecule has 254 valence electrons. The highest BCUT2D eigenvalue weighted by atomic mass is 16.5. The highest BCUT2D eigenvalue weighted by Gasteiger charge is 2.31. The Morgan fingerprint density at radius 2 is 1.43 bits per heavy atom. The summed E-state index contributed by atoms with van der Waals surface area (Å²) in [5.41, 5.74) is 10.2. The number of hydrogen-bond acceptors (Lipinski definition) is 10. The fourth-order valence-corrected chi connectivity index (χ4v) is 5.94. The minimum absolute atomic E-state index is 0.0741. The zero-order valence-electron chi connectivity index (χ0n) is 27.4. The molecule has 0 spiro atoms. The van der Waals surface area contributed by atoms with Crippen LogP contribution in [-0.2, 0) is 40.5 Å². The summed E-state index contributed by atoms with van der Waals surface area (Å²) in [4.78, 5) is 20.4. The van der Waals surface area contributed by atoms with E-state index in [1.54, 1.807) is 11.8 Å². The number of carbonyl (C=O) groups excluding carboxylic acids is 1. The predicted octanol–water partition coefficient (Wildman–Crippen LogP) is 3.27. The van der Waals surface area contributed by atoms with Crippen molar-refractivity contribution >= 4 is 5.91 Å². The minimum Gasteiger partial charge on any atom is -0.507 e. The number of amides is 1. The number of nitrogens with zero attached hydrogens (tertiary/aromatic N) is 3. The summed E-state index contributed by atoms with van der Waals surface area (Å²) in [6, 6.07) is 17.3. The molecule has 4 N–H and O–H groups in total. The van der Waals surface area contributed by atoms with Gasteiger partial charge in [-0.15, -0.1) is 0 Å². The van der Waals surface area contributed by atoms with Crippen molar-refractivity contribution in [2.75, 3.05) is 78.9 Å². The summed E-state index contributed by atoms with van der Waals surface area (Å²) in [5, 5.41) is 21.2. The van der Waals surface area contributed by atoms with Crippen LogP contribution in [0.4, 0.5) is 0 Å². The molecule has 3 aromatic carbocycles. The molecular formula is C36H48N4O7. The SMILES string of the molecule is Cc1c(O)cc(O)c(C(=O)N2Cc3ccc(CN4CCN(CCOCCOCCOCCN)CC4)cc3C2)c1OCc1ccccc1. The molecule has 2 aliphatic rings. The normalized spacial score (nSPS) is 15.2. The number of hydrogen-bond donors (Lipinski definition) is 3. The molecule has 1 amide bonds. The summed E-state index contributed by atoms with van der Waals surface area (Å²) in [6.45, 7) is 12.5. The maximum Gasteiger partial charge on any atom is 0.262 e. The lowest BCUT2D eigenvalue weighted by molar-refractivity contribution is 0.00886. The summed E-state index contributed by atoms with van der Waals surface area (Å²) in [7, 11) is 0. The first-order chi connectivity index (χ1) is 22.9. The first-order valence-corrected chi connectivity index (χ1v) is 16.4. The van der Waals surface area contributed by atoms with Gasteiger partial charge in [-0.05, 0) is 29.2 Å². The molecule has 1 fully saturated rings. The van der Waals surface area contributed by atoms with Gasteiger partial charge in [0, 0.05) is 70.5 Å².